The molecule has 98 valence electrons. The first-order valence-corrected chi connectivity index (χ1v) is 4.56. The number of hydrogen-bond donors (Lipinski definition) is 2. The van der Waals surface area contributed by atoms with Gasteiger partial charge >= 0.3 is 88.7 Å². The maximum absolute atomic E-state index is 10.8. The number of carbonyl (C=O) groups excluding carboxylic acids is 3. The molecule has 0 atom stereocenters. The van der Waals surface area contributed by atoms with Gasteiger partial charge in [0, 0.05) is 37.9 Å². The van der Waals surface area contributed by atoms with E-state index in [4.69, 9.17) is 5.73 Å². The molecule has 0 aliphatic rings. The zero-order valence-corrected chi connectivity index (χ0v) is 17.8. The summed E-state index contributed by atoms with van der Waals surface area (Å²) >= 11 is 0. The quantitative estimate of drug-likeness (QED) is 0.238. The van der Waals surface area contributed by atoms with Crippen LogP contribution in [0.1, 0.15) is 12.8 Å². The van der Waals surface area contributed by atoms with Crippen LogP contribution in [0.15, 0.2) is 0 Å². The maximum atomic E-state index is 10.8. The molecule has 0 aliphatic heterocycles. The van der Waals surface area contributed by atoms with Crippen LogP contribution < -0.4 is 115 Å². The monoisotopic (exact) mass is 316 g/mol. The second kappa shape index (κ2) is 15.2. The van der Waals surface area contributed by atoms with Crippen molar-refractivity contribution in [1.29, 1.82) is 0 Å². The van der Waals surface area contributed by atoms with Crippen molar-refractivity contribution in [2.45, 2.75) is 18.4 Å². The fourth-order valence-electron chi connectivity index (χ4n) is 1.04. The van der Waals surface area contributed by atoms with E-state index in [1.165, 1.54) is 0 Å². The van der Waals surface area contributed by atoms with Crippen molar-refractivity contribution in [3.63, 3.8) is 0 Å². The van der Waals surface area contributed by atoms with Crippen molar-refractivity contribution in [2.24, 2.45) is 5.73 Å². The van der Waals surface area contributed by atoms with Gasteiger partial charge in [0.15, 0.2) is 0 Å². The molecule has 0 aromatic rings. The molecule has 0 bridgehead atoms. The van der Waals surface area contributed by atoms with Crippen molar-refractivity contribution in [2.75, 3.05) is 13.1 Å². The standard InChI is InChI=1S/C8H14N2O7.3Na/c9-1-2-10-17-8(7(15)16,3-5(11)12)4-6(13)14;;;/h10H,1-4,9H2,(H,11,12)(H,13,14)(H,15,16);;;/q;3*+1/p-3. The number of aliphatic carboxylic acids is 3. The number of rotatable bonds is 9. The topological polar surface area (TPSA) is 168 Å². The third-order valence-electron chi connectivity index (χ3n) is 1.75. The number of carboxylic acids is 3. The van der Waals surface area contributed by atoms with E-state index in [0.717, 1.165) is 0 Å². The van der Waals surface area contributed by atoms with E-state index in [-0.39, 0.29) is 102 Å². The number of hydrogen-bond acceptors (Lipinski definition) is 9. The first kappa shape index (κ1) is 29.3. The second-order valence-corrected chi connectivity index (χ2v) is 3.16. The van der Waals surface area contributed by atoms with Gasteiger partial charge in [-0.1, -0.05) is 0 Å². The zero-order chi connectivity index (χ0) is 13.5. The summed E-state index contributed by atoms with van der Waals surface area (Å²) < 4.78 is 0. The van der Waals surface area contributed by atoms with Crippen molar-refractivity contribution in [1.82, 2.24) is 5.48 Å². The van der Waals surface area contributed by atoms with E-state index >= 15 is 0 Å². The summed E-state index contributed by atoms with van der Waals surface area (Å²) in [6.07, 6.45) is -2.39. The van der Waals surface area contributed by atoms with Gasteiger partial charge in [-0.05, 0) is 0 Å². The molecule has 0 saturated carbocycles. The van der Waals surface area contributed by atoms with Crippen molar-refractivity contribution in [3.8, 4) is 0 Å². The van der Waals surface area contributed by atoms with Crippen LogP contribution in [0.4, 0.5) is 0 Å². The summed E-state index contributed by atoms with van der Waals surface area (Å²) in [5.74, 6) is -5.61. The van der Waals surface area contributed by atoms with Gasteiger partial charge in [0.2, 0.25) is 0 Å². The molecule has 0 saturated heterocycles. The van der Waals surface area contributed by atoms with Gasteiger partial charge in [-0.15, -0.1) is 0 Å². The SMILES string of the molecule is NCCNOC(CC(=O)[O-])(CC(=O)[O-])C(=O)[O-].[Na+].[Na+].[Na+]. The van der Waals surface area contributed by atoms with Gasteiger partial charge in [-0.2, -0.15) is 0 Å². The Morgan fingerprint density at radius 3 is 1.65 bits per heavy atom. The normalized spacial score (nSPS) is 9.45. The second-order valence-electron chi connectivity index (χ2n) is 3.16. The molecular formula is C8H11N2Na3O7. The average molecular weight is 316 g/mol. The van der Waals surface area contributed by atoms with E-state index in [9.17, 15) is 29.7 Å². The maximum Gasteiger partial charge on any atom is 1.00 e. The van der Waals surface area contributed by atoms with E-state index in [2.05, 4.69) is 4.84 Å². The van der Waals surface area contributed by atoms with E-state index in [0.29, 0.717) is 0 Å². The molecule has 0 aromatic heterocycles. The summed E-state index contributed by atoms with van der Waals surface area (Å²) in [7, 11) is 0. The molecule has 0 amide bonds. The van der Waals surface area contributed by atoms with Crippen LogP contribution in [0.5, 0.6) is 0 Å². The largest absolute Gasteiger partial charge is 1.00 e. The minimum atomic E-state index is -2.59. The van der Waals surface area contributed by atoms with Gasteiger partial charge in [-0.25, -0.2) is 5.48 Å². The fraction of sp³-hybridized carbons (Fsp3) is 0.625. The van der Waals surface area contributed by atoms with Crippen LogP contribution in [0.25, 0.3) is 0 Å². The summed E-state index contributed by atoms with van der Waals surface area (Å²) in [6, 6.07) is 0. The Kier molecular flexibility index (Phi) is 22.3. The Balaban J connectivity index is -0.000000427. The molecule has 20 heavy (non-hydrogen) atoms. The minimum Gasteiger partial charge on any atom is -0.550 e. The third-order valence-corrected chi connectivity index (χ3v) is 1.75. The van der Waals surface area contributed by atoms with Crippen molar-refractivity contribution < 1.29 is 123 Å². The molecule has 12 heteroatoms. The predicted octanol–water partition coefficient (Wildman–Crippen LogP) is -14.8. The predicted molar refractivity (Wildman–Crippen MR) is 45.1 cm³/mol. The number of carbonyl (C=O) groups is 3. The van der Waals surface area contributed by atoms with Crippen LogP contribution in [0.3, 0.4) is 0 Å². The Hall–Kier alpha value is 1.29. The first-order chi connectivity index (χ1) is 7.84. The van der Waals surface area contributed by atoms with Gasteiger partial charge in [-0.3, -0.25) is 4.84 Å². The summed E-state index contributed by atoms with van der Waals surface area (Å²) in [4.78, 5) is 36.1. The average Bonchev–Trinajstić information content (AvgIpc) is 2.15. The van der Waals surface area contributed by atoms with E-state index < -0.39 is 36.4 Å². The molecule has 9 nitrogen and oxygen atoms in total. The van der Waals surface area contributed by atoms with Crippen LogP contribution in [0, 0.1) is 0 Å². The van der Waals surface area contributed by atoms with E-state index in [1.807, 2.05) is 5.48 Å². The number of hydroxylamine groups is 1. The molecule has 0 spiro atoms. The van der Waals surface area contributed by atoms with Crippen molar-refractivity contribution >= 4 is 17.9 Å². The Labute approximate surface area is 181 Å². The molecule has 0 heterocycles. The Morgan fingerprint density at radius 1 is 1.00 bits per heavy atom. The molecule has 0 aliphatic carbocycles. The van der Waals surface area contributed by atoms with Gasteiger partial charge in [0.05, 0.1) is 5.97 Å². The third kappa shape index (κ3) is 11.9. The Morgan fingerprint density at radius 2 is 1.40 bits per heavy atom. The van der Waals surface area contributed by atoms with E-state index in [1.54, 1.807) is 0 Å². The smallest absolute Gasteiger partial charge is 0.550 e. The van der Waals surface area contributed by atoms with Crippen molar-refractivity contribution in [3.05, 3.63) is 0 Å². The summed E-state index contributed by atoms with van der Waals surface area (Å²) in [5.41, 5.74) is 4.52. The van der Waals surface area contributed by atoms with Crippen LogP contribution in [0.2, 0.25) is 0 Å². The molecule has 0 aromatic carbocycles. The summed E-state index contributed by atoms with van der Waals surface area (Å²) in [6.45, 7) is 0.0644. The number of carboxylic acid groups (broad SMARTS) is 3. The Bertz CT molecular complexity index is 300. The van der Waals surface area contributed by atoms with Crippen LogP contribution >= 0.6 is 0 Å². The molecule has 0 radical (unpaired) electrons. The zero-order valence-electron chi connectivity index (χ0n) is 11.8. The number of nitrogens with one attached hydrogen (secondary N) is 1. The first-order valence-electron chi connectivity index (χ1n) is 4.56. The van der Waals surface area contributed by atoms with Crippen LogP contribution in [-0.2, 0) is 19.2 Å². The number of nitrogens with two attached hydrogens (primary N) is 1. The molecule has 3 N–H and O–H groups in total. The van der Waals surface area contributed by atoms with Gasteiger partial charge < -0.3 is 35.4 Å². The summed E-state index contributed by atoms with van der Waals surface area (Å²) in [5, 5.41) is 31.6. The molecular weight excluding hydrogens is 305 g/mol. The fourth-order valence-corrected chi connectivity index (χ4v) is 1.04. The van der Waals surface area contributed by atoms with Gasteiger partial charge in [0.25, 0.3) is 0 Å². The van der Waals surface area contributed by atoms with Crippen LogP contribution in [-0.4, -0.2) is 36.6 Å². The molecule has 0 rings (SSSR count). The minimum absolute atomic E-state index is 0. The molecule has 0 fully saturated rings. The molecule has 0 unspecified atom stereocenters. The van der Waals surface area contributed by atoms with Gasteiger partial charge in [0.1, 0.15) is 5.60 Å².